The number of benzene rings is 2. The maximum atomic E-state index is 12.5. The highest BCUT2D eigenvalue weighted by Gasteiger charge is 2.20. The number of likely N-dealkylation sites (tertiary alicyclic amines) is 1. The Hall–Kier alpha value is -2.64. The molecule has 2 heterocycles. The zero-order valence-corrected chi connectivity index (χ0v) is 21.2. The first-order valence-corrected chi connectivity index (χ1v) is 12.8. The van der Waals surface area contributed by atoms with Crippen LogP contribution in [0.15, 0.2) is 68.7 Å². The molecule has 1 saturated heterocycles. The predicted molar refractivity (Wildman–Crippen MR) is 139 cm³/mol. The van der Waals surface area contributed by atoms with Crippen molar-refractivity contribution >= 4 is 15.9 Å². The first-order chi connectivity index (χ1) is 16.5. The number of H-pyrrole nitrogens is 1. The fourth-order valence-corrected chi connectivity index (χ4v) is 4.99. The molecule has 1 aliphatic heterocycles. The summed E-state index contributed by atoms with van der Waals surface area (Å²) in [5.41, 5.74) is 2.35. The van der Waals surface area contributed by atoms with Crippen molar-refractivity contribution in [3.8, 4) is 5.75 Å². The largest absolute Gasteiger partial charge is 0.494 e. The van der Waals surface area contributed by atoms with Crippen LogP contribution in [0.4, 0.5) is 0 Å². The number of piperidine rings is 1. The van der Waals surface area contributed by atoms with Gasteiger partial charge in [0.2, 0.25) is 0 Å². The van der Waals surface area contributed by atoms with Gasteiger partial charge in [-0.1, -0.05) is 46.3 Å². The van der Waals surface area contributed by atoms with Gasteiger partial charge in [-0.25, -0.2) is 4.79 Å². The molecule has 6 nitrogen and oxygen atoms in total. The summed E-state index contributed by atoms with van der Waals surface area (Å²) in [5.74, 6) is 1.57. The minimum atomic E-state index is -0.343. The van der Waals surface area contributed by atoms with Gasteiger partial charge in [-0.15, -0.1) is 0 Å². The molecule has 4 rings (SSSR count). The lowest BCUT2D eigenvalue weighted by Crippen LogP contribution is -2.38. The molecule has 0 saturated carbocycles. The van der Waals surface area contributed by atoms with E-state index in [0.29, 0.717) is 24.6 Å². The second-order valence-electron chi connectivity index (χ2n) is 8.94. The number of hydrogen-bond acceptors (Lipinski definition) is 4. The van der Waals surface area contributed by atoms with Gasteiger partial charge in [0.05, 0.1) is 13.2 Å². The van der Waals surface area contributed by atoms with Crippen LogP contribution in [0.5, 0.6) is 5.75 Å². The van der Waals surface area contributed by atoms with Crippen molar-refractivity contribution in [3.05, 3.63) is 96.7 Å². The Morgan fingerprint density at radius 2 is 1.82 bits per heavy atom. The molecule has 1 fully saturated rings. The SMILES string of the molecule is CCOc1ccc(Br)c(CC2CCN(CCc3cc(=O)n(Cc4ccccc4)c(=O)[nH]3)CC2)c1. The first kappa shape index (κ1) is 24.5. The number of aromatic nitrogens is 2. The van der Waals surface area contributed by atoms with E-state index in [1.165, 1.54) is 10.1 Å². The molecule has 0 bridgehead atoms. The van der Waals surface area contributed by atoms with E-state index in [2.05, 4.69) is 37.9 Å². The van der Waals surface area contributed by atoms with Crippen LogP contribution in [0.25, 0.3) is 0 Å². The Kier molecular flexibility index (Phi) is 8.40. The highest BCUT2D eigenvalue weighted by atomic mass is 79.9. The smallest absolute Gasteiger partial charge is 0.328 e. The predicted octanol–water partition coefficient (Wildman–Crippen LogP) is 4.24. The fourth-order valence-electron chi connectivity index (χ4n) is 4.59. The molecule has 1 aliphatic rings. The van der Waals surface area contributed by atoms with Crippen LogP contribution in [-0.2, 0) is 19.4 Å². The van der Waals surface area contributed by atoms with E-state index in [4.69, 9.17) is 4.74 Å². The monoisotopic (exact) mass is 525 g/mol. The van der Waals surface area contributed by atoms with Crippen molar-refractivity contribution in [2.24, 2.45) is 5.92 Å². The Morgan fingerprint density at radius 3 is 2.53 bits per heavy atom. The van der Waals surface area contributed by atoms with Gasteiger partial charge < -0.3 is 14.6 Å². The Balaban J connectivity index is 1.28. The highest BCUT2D eigenvalue weighted by molar-refractivity contribution is 9.10. The van der Waals surface area contributed by atoms with Gasteiger partial charge in [0.1, 0.15) is 5.75 Å². The van der Waals surface area contributed by atoms with Crippen molar-refractivity contribution in [1.29, 1.82) is 0 Å². The second kappa shape index (κ2) is 11.7. The number of ether oxygens (including phenoxy) is 1. The lowest BCUT2D eigenvalue weighted by molar-refractivity contribution is 0.185. The molecule has 1 N–H and O–H groups in total. The summed E-state index contributed by atoms with van der Waals surface area (Å²) in [4.78, 5) is 30.4. The number of hydrogen-bond donors (Lipinski definition) is 1. The summed E-state index contributed by atoms with van der Waals surface area (Å²) in [5, 5.41) is 0. The van der Waals surface area contributed by atoms with E-state index in [9.17, 15) is 9.59 Å². The van der Waals surface area contributed by atoms with Crippen LogP contribution in [-0.4, -0.2) is 40.7 Å². The summed E-state index contributed by atoms with van der Waals surface area (Å²) in [6.07, 6.45) is 3.99. The normalized spacial score (nSPS) is 14.9. The van der Waals surface area contributed by atoms with Crippen molar-refractivity contribution in [3.63, 3.8) is 0 Å². The zero-order valence-electron chi connectivity index (χ0n) is 19.6. The van der Waals surface area contributed by atoms with Crippen LogP contribution < -0.4 is 16.0 Å². The third-order valence-electron chi connectivity index (χ3n) is 6.50. The molecule has 0 aliphatic carbocycles. The van der Waals surface area contributed by atoms with Crippen molar-refractivity contribution in [2.75, 3.05) is 26.2 Å². The lowest BCUT2D eigenvalue weighted by atomic mass is 9.90. The van der Waals surface area contributed by atoms with E-state index in [-0.39, 0.29) is 17.8 Å². The van der Waals surface area contributed by atoms with E-state index in [1.807, 2.05) is 43.3 Å². The number of rotatable bonds is 9. The third-order valence-corrected chi connectivity index (χ3v) is 7.27. The second-order valence-corrected chi connectivity index (χ2v) is 9.79. The van der Waals surface area contributed by atoms with Gasteiger partial charge in [0.25, 0.3) is 5.56 Å². The van der Waals surface area contributed by atoms with Gasteiger partial charge >= 0.3 is 5.69 Å². The van der Waals surface area contributed by atoms with Gasteiger partial charge in [-0.2, -0.15) is 0 Å². The van der Waals surface area contributed by atoms with Crippen LogP contribution in [0.3, 0.4) is 0 Å². The minimum Gasteiger partial charge on any atom is -0.494 e. The van der Waals surface area contributed by atoms with E-state index >= 15 is 0 Å². The quantitative estimate of drug-likeness (QED) is 0.453. The Morgan fingerprint density at radius 1 is 1.06 bits per heavy atom. The summed E-state index contributed by atoms with van der Waals surface area (Å²) in [7, 11) is 0. The maximum absolute atomic E-state index is 12.5. The topological polar surface area (TPSA) is 67.3 Å². The third kappa shape index (κ3) is 6.48. The van der Waals surface area contributed by atoms with Gasteiger partial charge in [0, 0.05) is 29.2 Å². The lowest BCUT2D eigenvalue weighted by Gasteiger charge is -2.32. The molecule has 34 heavy (non-hydrogen) atoms. The minimum absolute atomic E-state index is 0.249. The number of halogens is 1. The van der Waals surface area contributed by atoms with Crippen LogP contribution in [0.1, 0.15) is 36.6 Å². The Bertz CT molecular complexity index is 1170. The number of aromatic amines is 1. The molecule has 2 aromatic carbocycles. The molecule has 180 valence electrons. The van der Waals surface area contributed by atoms with Crippen molar-refractivity contribution in [1.82, 2.24) is 14.5 Å². The molecule has 0 amide bonds. The molecule has 0 spiro atoms. The number of nitrogens with zero attached hydrogens (tertiary/aromatic N) is 2. The van der Waals surface area contributed by atoms with E-state index in [1.54, 1.807) is 6.07 Å². The van der Waals surface area contributed by atoms with E-state index in [0.717, 1.165) is 54.7 Å². The zero-order chi connectivity index (χ0) is 23.9. The van der Waals surface area contributed by atoms with Gasteiger partial charge in [-0.05, 0) is 74.5 Å². The molecule has 1 aromatic heterocycles. The molecular weight excluding hydrogens is 494 g/mol. The van der Waals surface area contributed by atoms with E-state index < -0.39 is 0 Å². The summed E-state index contributed by atoms with van der Waals surface area (Å²) in [6, 6.07) is 17.4. The number of nitrogens with one attached hydrogen (secondary N) is 1. The summed E-state index contributed by atoms with van der Waals surface area (Å²) < 4.78 is 8.05. The van der Waals surface area contributed by atoms with Crippen LogP contribution in [0, 0.1) is 5.92 Å². The average Bonchev–Trinajstić information content (AvgIpc) is 2.84. The van der Waals surface area contributed by atoms with Crippen LogP contribution in [0.2, 0.25) is 0 Å². The van der Waals surface area contributed by atoms with Gasteiger partial charge in [0.15, 0.2) is 0 Å². The van der Waals surface area contributed by atoms with Crippen LogP contribution >= 0.6 is 15.9 Å². The molecule has 3 aromatic rings. The molecule has 0 unspecified atom stereocenters. The molecule has 7 heteroatoms. The fraction of sp³-hybridized carbons (Fsp3) is 0.407. The summed E-state index contributed by atoms with van der Waals surface area (Å²) >= 11 is 3.68. The molecule has 0 radical (unpaired) electrons. The molecule has 0 atom stereocenters. The standard InChI is InChI=1S/C27H32BrN3O3/c1-2-34-24-8-9-25(28)22(17-24)16-20-10-13-30(14-11-20)15-12-23-18-26(32)31(27(33)29-23)19-21-6-4-3-5-7-21/h3-9,17-18,20H,2,10-16,19H2,1H3,(H,29,33). The summed E-state index contributed by atoms with van der Waals surface area (Å²) in [6.45, 7) is 5.86. The maximum Gasteiger partial charge on any atom is 0.328 e. The Labute approximate surface area is 208 Å². The average molecular weight is 526 g/mol. The first-order valence-electron chi connectivity index (χ1n) is 12.0. The molecular formula is C27H32BrN3O3. The van der Waals surface area contributed by atoms with Crippen molar-refractivity contribution < 1.29 is 4.74 Å². The van der Waals surface area contributed by atoms with Gasteiger partial charge in [-0.3, -0.25) is 9.36 Å². The highest BCUT2D eigenvalue weighted by Crippen LogP contribution is 2.28. The van der Waals surface area contributed by atoms with Crippen molar-refractivity contribution in [2.45, 2.75) is 39.2 Å².